The lowest BCUT2D eigenvalue weighted by atomic mass is 10.1. The zero-order valence-electron chi connectivity index (χ0n) is 11.6. The van der Waals surface area contributed by atoms with Gasteiger partial charge in [-0.05, 0) is 43.4 Å². The molecular weight excluding hydrogens is 236 g/mol. The minimum atomic E-state index is 0.654. The van der Waals surface area contributed by atoms with E-state index in [-0.39, 0.29) is 0 Å². The molecule has 0 bridgehead atoms. The van der Waals surface area contributed by atoms with Crippen molar-refractivity contribution in [3.63, 3.8) is 0 Å². The third-order valence-corrected chi connectivity index (χ3v) is 3.76. The molecule has 1 heterocycles. The summed E-state index contributed by atoms with van der Waals surface area (Å²) < 4.78 is 1.94. The number of aromatic nitrogens is 3. The zero-order valence-corrected chi connectivity index (χ0v) is 11.6. The number of hydrogen-bond donors (Lipinski definition) is 1. The second-order valence-electron chi connectivity index (χ2n) is 5.48. The molecule has 1 aromatic heterocycles. The van der Waals surface area contributed by atoms with Gasteiger partial charge in [0.2, 0.25) is 0 Å². The number of benzene rings is 1. The van der Waals surface area contributed by atoms with Crippen molar-refractivity contribution >= 4 is 5.69 Å². The fraction of sp³-hybridized carbons (Fsp3) is 0.467. The number of nitrogen functional groups attached to an aromatic ring is 1. The van der Waals surface area contributed by atoms with Crippen molar-refractivity contribution in [3.05, 3.63) is 41.0 Å². The van der Waals surface area contributed by atoms with Gasteiger partial charge < -0.3 is 5.73 Å². The lowest BCUT2D eigenvalue weighted by Gasteiger charge is -2.03. The summed E-state index contributed by atoms with van der Waals surface area (Å²) in [6.45, 7) is 2.03. The standard InChI is InChI=1S/C15H20N4/c1-10-3-4-11(9-13(10)16)5-8-14-17-15(12-6-7-12)19(2)18-14/h3-4,9,12H,5-8,16H2,1-2H3. The molecule has 19 heavy (non-hydrogen) atoms. The summed E-state index contributed by atoms with van der Waals surface area (Å²) in [5.41, 5.74) is 9.18. The van der Waals surface area contributed by atoms with Gasteiger partial charge in [-0.3, -0.25) is 4.68 Å². The van der Waals surface area contributed by atoms with Gasteiger partial charge in [0.25, 0.3) is 0 Å². The van der Waals surface area contributed by atoms with Gasteiger partial charge in [0.05, 0.1) is 0 Å². The van der Waals surface area contributed by atoms with E-state index in [0.717, 1.165) is 35.7 Å². The van der Waals surface area contributed by atoms with Crippen molar-refractivity contribution < 1.29 is 0 Å². The van der Waals surface area contributed by atoms with Crippen LogP contribution in [-0.2, 0) is 19.9 Å². The Labute approximate surface area is 113 Å². The molecule has 2 aromatic rings. The van der Waals surface area contributed by atoms with Crippen molar-refractivity contribution in [3.8, 4) is 0 Å². The fourth-order valence-corrected chi connectivity index (χ4v) is 2.36. The van der Waals surface area contributed by atoms with E-state index < -0.39 is 0 Å². The predicted molar refractivity (Wildman–Crippen MR) is 76.0 cm³/mol. The SMILES string of the molecule is Cc1ccc(CCc2nc(C3CC3)n(C)n2)cc1N. The van der Waals surface area contributed by atoms with E-state index in [1.807, 2.05) is 18.7 Å². The molecular formula is C15H20N4. The molecule has 0 amide bonds. The molecule has 0 atom stereocenters. The molecule has 1 aliphatic rings. The molecule has 1 fully saturated rings. The molecule has 0 saturated heterocycles. The Morgan fingerprint density at radius 1 is 1.32 bits per heavy atom. The van der Waals surface area contributed by atoms with E-state index in [4.69, 9.17) is 5.73 Å². The van der Waals surface area contributed by atoms with Gasteiger partial charge in [-0.1, -0.05) is 12.1 Å². The lowest BCUT2D eigenvalue weighted by Crippen LogP contribution is -1.98. The Morgan fingerprint density at radius 3 is 2.79 bits per heavy atom. The predicted octanol–water partition coefficient (Wildman–Crippen LogP) is 2.37. The van der Waals surface area contributed by atoms with Crippen LogP contribution in [0.1, 0.15) is 41.5 Å². The maximum atomic E-state index is 5.93. The van der Waals surface area contributed by atoms with Crippen LogP contribution in [0.25, 0.3) is 0 Å². The summed E-state index contributed by atoms with van der Waals surface area (Å²) in [7, 11) is 1.99. The molecule has 1 saturated carbocycles. The quantitative estimate of drug-likeness (QED) is 0.854. The smallest absolute Gasteiger partial charge is 0.151 e. The van der Waals surface area contributed by atoms with E-state index in [0.29, 0.717) is 5.92 Å². The highest BCUT2D eigenvalue weighted by molar-refractivity contribution is 5.48. The average molecular weight is 256 g/mol. The maximum absolute atomic E-state index is 5.93. The first-order valence-electron chi connectivity index (χ1n) is 6.88. The van der Waals surface area contributed by atoms with E-state index in [1.54, 1.807) is 0 Å². The fourth-order valence-electron chi connectivity index (χ4n) is 2.36. The number of hydrogen-bond acceptors (Lipinski definition) is 3. The zero-order chi connectivity index (χ0) is 13.4. The van der Waals surface area contributed by atoms with Gasteiger partial charge in [-0.25, -0.2) is 4.98 Å². The molecule has 2 N–H and O–H groups in total. The van der Waals surface area contributed by atoms with Crippen LogP contribution >= 0.6 is 0 Å². The van der Waals surface area contributed by atoms with Crippen molar-refractivity contribution in [2.45, 2.75) is 38.5 Å². The monoisotopic (exact) mass is 256 g/mol. The molecule has 100 valence electrons. The number of nitrogens with two attached hydrogens (primary N) is 1. The summed E-state index contributed by atoms with van der Waals surface area (Å²) in [4.78, 5) is 4.65. The number of anilines is 1. The molecule has 1 aliphatic carbocycles. The Bertz CT molecular complexity index is 596. The molecule has 4 heteroatoms. The first-order chi connectivity index (χ1) is 9.13. The summed E-state index contributed by atoms with van der Waals surface area (Å²) in [6, 6.07) is 6.27. The summed E-state index contributed by atoms with van der Waals surface area (Å²) in [6.07, 6.45) is 4.35. The molecule has 0 radical (unpaired) electrons. The van der Waals surface area contributed by atoms with Crippen LogP contribution in [0.15, 0.2) is 18.2 Å². The Morgan fingerprint density at radius 2 is 2.11 bits per heavy atom. The number of nitrogens with zero attached hydrogens (tertiary/aromatic N) is 3. The first kappa shape index (κ1) is 12.2. The molecule has 0 unspecified atom stereocenters. The van der Waals surface area contributed by atoms with E-state index in [1.165, 1.54) is 18.4 Å². The average Bonchev–Trinajstić information content (AvgIpc) is 3.15. The number of aryl methyl sites for hydroxylation is 4. The maximum Gasteiger partial charge on any atom is 0.151 e. The van der Waals surface area contributed by atoms with Crippen LogP contribution in [0.3, 0.4) is 0 Å². The highest BCUT2D eigenvalue weighted by atomic mass is 15.3. The third-order valence-electron chi connectivity index (χ3n) is 3.76. The van der Waals surface area contributed by atoms with Gasteiger partial charge in [-0.15, -0.1) is 0 Å². The van der Waals surface area contributed by atoms with Gasteiger partial charge in [0.15, 0.2) is 5.82 Å². The van der Waals surface area contributed by atoms with Crippen molar-refractivity contribution in [2.75, 3.05) is 5.73 Å². The second kappa shape index (κ2) is 4.68. The van der Waals surface area contributed by atoms with Crippen molar-refractivity contribution in [1.82, 2.24) is 14.8 Å². The van der Waals surface area contributed by atoms with Crippen molar-refractivity contribution in [2.24, 2.45) is 7.05 Å². The summed E-state index contributed by atoms with van der Waals surface area (Å²) in [5, 5.41) is 4.50. The van der Waals surface area contributed by atoms with E-state index in [2.05, 4.69) is 28.3 Å². The molecule has 0 aliphatic heterocycles. The minimum absolute atomic E-state index is 0.654. The van der Waals surface area contributed by atoms with Crippen molar-refractivity contribution in [1.29, 1.82) is 0 Å². The van der Waals surface area contributed by atoms with E-state index in [9.17, 15) is 0 Å². The number of rotatable bonds is 4. The Kier molecular flexibility index (Phi) is 3.01. The van der Waals surface area contributed by atoms with Crippen LogP contribution in [0, 0.1) is 6.92 Å². The van der Waals surface area contributed by atoms with E-state index >= 15 is 0 Å². The topological polar surface area (TPSA) is 56.7 Å². The normalized spacial score (nSPS) is 14.8. The largest absolute Gasteiger partial charge is 0.399 e. The van der Waals surface area contributed by atoms with Crippen LogP contribution < -0.4 is 5.73 Å². The molecule has 1 aromatic carbocycles. The molecule has 4 nitrogen and oxygen atoms in total. The lowest BCUT2D eigenvalue weighted by molar-refractivity contribution is 0.694. The van der Waals surface area contributed by atoms with Gasteiger partial charge in [0.1, 0.15) is 5.82 Å². The third kappa shape index (κ3) is 2.62. The second-order valence-corrected chi connectivity index (χ2v) is 5.48. The summed E-state index contributed by atoms with van der Waals surface area (Å²) >= 11 is 0. The Balaban J connectivity index is 1.68. The van der Waals surface area contributed by atoms with Gasteiger partial charge in [0, 0.05) is 25.1 Å². The Hall–Kier alpha value is -1.84. The molecule has 3 rings (SSSR count). The van der Waals surface area contributed by atoms with Crippen LogP contribution in [0.4, 0.5) is 5.69 Å². The van der Waals surface area contributed by atoms with Crippen LogP contribution in [-0.4, -0.2) is 14.8 Å². The van der Waals surface area contributed by atoms with Crippen LogP contribution in [0.2, 0.25) is 0 Å². The summed E-state index contributed by atoms with van der Waals surface area (Å²) in [5.74, 6) is 2.75. The molecule has 0 spiro atoms. The van der Waals surface area contributed by atoms with Gasteiger partial charge >= 0.3 is 0 Å². The minimum Gasteiger partial charge on any atom is -0.399 e. The first-order valence-corrected chi connectivity index (χ1v) is 6.88. The van der Waals surface area contributed by atoms with Gasteiger partial charge in [-0.2, -0.15) is 5.10 Å². The van der Waals surface area contributed by atoms with Crippen LogP contribution in [0.5, 0.6) is 0 Å². The highest BCUT2D eigenvalue weighted by Gasteiger charge is 2.28. The highest BCUT2D eigenvalue weighted by Crippen LogP contribution is 2.38.